The molecule has 6 nitrogen and oxygen atoms in total. The Balaban J connectivity index is 2.03. The van der Waals surface area contributed by atoms with Crippen LogP contribution in [0.4, 0.5) is 5.82 Å². The van der Waals surface area contributed by atoms with E-state index in [1.165, 1.54) is 0 Å². The van der Waals surface area contributed by atoms with E-state index in [1.54, 1.807) is 10.9 Å². The fourth-order valence-electron chi connectivity index (χ4n) is 2.95. The molecular weight excluding hydrogens is 312 g/mol. The molecule has 3 aromatic heterocycles. The van der Waals surface area contributed by atoms with E-state index >= 15 is 0 Å². The third kappa shape index (κ3) is 3.95. The minimum atomic E-state index is 0.122. The summed E-state index contributed by atoms with van der Waals surface area (Å²) in [6.07, 6.45) is 7.30. The lowest BCUT2D eigenvalue weighted by Gasteiger charge is -2.27. The Labute approximate surface area is 148 Å². The van der Waals surface area contributed by atoms with Crippen molar-refractivity contribution in [3.05, 3.63) is 42.1 Å². The van der Waals surface area contributed by atoms with E-state index in [4.69, 9.17) is 4.98 Å². The number of pyridine rings is 1. The molecule has 3 aromatic rings. The first-order valence-corrected chi connectivity index (χ1v) is 8.72. The molecule has 0 fully saturated rings. The molecule has 0 aliphatic carbocycles. The zero-order valence-electron chi connectivity index (χ0n) is 15.6. The lowest BCUT2D eigenvalue weighted by molar-refractivity contribution is 0.352. The van der Waals surface area contributed by atoms with Crippen molar-refractivity contribution in [2.75, 3.05) is 5.32 Å². The molecule has 0 saturated heterocycles. The van der Waals surface area contributed by atoms with Gasteiger partial charge in [-0.05, 0) is 23.5 Å². The summed E-state index contributed by atoms with van der Waals surface area (Å²) in [6.45, 7) is 8.80. The third-order valence-corrected chi connectivity index (χ3v) is 4.17. The molecule has 0 saturated carbocycles. The molecule has 6 heteroatoms. The second kappa shape index (κ2) is 6.78. The minimum Gasteiger partial charge on any atom is -0.362 e. The second-order valence-electron chi connectivity index (χ2n) is 7.60. The number of nitrogens with zero attached hydrogens (tertiary/aromatic N) is 5. The van der Waals surface area contributed by atoms with Crippen LogP contribution in [0.1, 0.15) is 51.5 Å². The lowest BCUT2D eigenvalue weighted by atomic mass is 9.86. The highest BCUT2D eigenvalue weighted by Gasteiger charge is 2.22. The van der Waals surface area contributed by atoms with Crippen molar-refractivity contribution in [2.24, 2.45) is 12.5 Å². The summed E-state index contributed by atoms with van der Waals surface area (Å²) in [5.41, 5.74) is 2.18. The zero-order chi connectivity index (χ0) is 18.0. The van der Waals surface area contributed by atoms with Gasteiger partial charge < -0.3 is 5.32 Å². The van der Waals surface area contributed by atoms with E-state index in [9.17, 15) is 0 Å². The SMILES string of the molecule is CCc1nc(N[C@H](CC(C)(C)C)c2cccnc2)c2cnn(C)c2n1. The van der Waals surface area contributed by atoms with Crippen molar-refractivity contribution in [3.8, 4) is 0 Å². The summed E-state index contributed by atoms with van der Waals surface area (Å²) in [4.78, 5) is 13.6. The molecule has 0 amide bonds. The number of rotatable bonds is 5. The van der Waals surface area contributed by atoms with Crippen molar-refractivity contribution < 1.29 is 0 Å². The van der Waals surface area contributed by atoms with Gasteiger partial charge in [-0.3, -0.25) is 9.67 Å². The third-order valence-electron chi connectivity index (χ3n) is 4.17. The van der Waals surface area contributed by atoms with Crippen LogP contribution in [0, 0.1) is 5.41 Å². The summed E-state index contributed by atoms with van der Waals surface area (Å²) >= 11 is 0. The van der Waals surface area contributed by atoms with Crippen LogP contribution in [0.5, 0.6) is 0 Å². The van der Waals surface area contributed by atoms with Crippen molar-refractivity contribution in [1.29, 1.82) is 0 Å². The van der Waals surface area contributed by atoms with E-state index in [0.717, 1.165) is 41.1 Å². The Bertz CT molecular complexity index is 847. The maximum absolute atomic E-state index is 4.73. The van der Waals surface area contributed by atoms with Crippen LogP contribution in [0.25, 0.3) is 11.0 Å². The summed E-state index contributed by atoms with van der Waals surface area (Å²) in [5.74, 6) is 1.66. The Kier molecular flexibility index (Phi) is 4.70. The minimum absolute atomic E-state index is 0.122. The summed E-state index contributed by atoms with van der Waals surface area (Å²) < 4.78 is 1.80. The van der Waals surface area contributed by atoms with E-state index in [0.29, 0.717) is 0 Å². The first-order chi connectivity index (χ1) is 11.9. The van der Waals surface area contributed by atoms with E-state index < -0.39 is 0 Å². The monoisotopic (exact) mass is 338 g/mol. The number of anilines is 1. The molecule has 0 aliphatic heterocycles. The largest absolute Gasteiger partial charge is 0.362 e. The van der Waals surface area contributed by atoms with Crippen molar-refractivity contribution in [2.45, 2.75) is 46.6 Å². The molecule has 3 rings (SSSR count). The predicted octanol–water partition coefficient (Wildman–Crippen LogP) is 3.91. The number of hydrogen-bond donors (Lipinski definition) is 1. The molecule has 3 heterocycles. The van der Waals surface area contributed by atoms with Crippen molar-refractivity contribution in [1.82, 2.24) is 24.7 Å². The molecule has 25 heavy (non-hydrogen) atoms. The van der Waals surface area contributed by atoms with Crippen LogP contribution in [-0.2, 0) is 13.5 Å². The number of aromatic nitrogens is 5. The Hall–Kier alpha value is -2.50. The smallest absolute Gasteiger partial charge is 0.163 e. The second-order valence-corrected chi connectivity index (χ2v) is 7.60. The average molecular weight is 338 g/mol. The zero-order valence-corrected chi connectivity index (χ0v) is 15.6. The lowest BCUT2D eigenvalue weighted by Crippen LogP contribution is -2.20. The van der Waals surface area contributed by atoms with Crippen molar-refractivity contribution >= 4 is 16.9 Å². The van der Waals surface area contributed by atoms with E-state index in [1.807, 2.05) is 25.5 Å². The van der Waals surface area contributed by atoms with Crippen LogP contribution < -0.4 is 5.32 Å². The fraction of sp³-hybridized carbons (Fsp3) is 0.474. The Morgan fingerprint density at radius 1 is 1.20 bits per heavy atom. The average Bonchev–Trinajstić information content (AvgIpc) is 2.95. The standard InChI is InChI=1S/C19H26N6/c1-6-16-23-17(14-12-21-25(5)18(14)24-16)22-15(10-19(2,3)4)13-8-7-9-20-11-13/h7-9,11-12,15H,6,10H2,1-5H3,(H,22,23,24)/t15-/m1/s1. The quantitative estimate of drug-likeness (QED) is 0.764. The first kappa shape index (κ1) is 17.3. The highest BCUT2D eigenvalue weighted by atomic mass is 15.3. The van der Waals surface area contributed by atoms with Crippen LogP contribution in [0.2, 0.25) is 0 Å². The van der Waals surface area contributed by atoms with Gasteiger partial charge in [0.25, 0.3) is 0 Å². The topological polar surface area (TPSA) is 68.5 Å². The van der Waals surface area contributed by atoms with Gasteiger partial charge in [0.2, 0.25) is 0 Å². The van der Waals surface area contributed by atoms with Crippen LogP contribution in [0.3, 0.4) is 0 Å². The maximum Gasteiger partial charge on any atom is 0.163 e. The van der Waals surface area contributed by atoms with E-state index in [2.05, 4.69) is 54.1 Å². The molecule has 132 valence electrons. The molecule has 0 bridgehead atoms. The molecule has 1 N–H and O–H groups in total. The van der Waals surface area contributed by atoms with Gasteiger partial charge >= 0.3 is 0 Å². The number of nitrogens with one attached hydrogen (secondary N) is 1. The van der Waals surface area contributed by atoms with Gasteiger partial charge in [-0.15, -0.1) is 0 Å². The van der Waals surface area contributed by atoms with E-state index in [-0.39, 0.29) is 11.5 Å². The van der Waals surface area contributed by atoms with Crippen LogP contribution >= 0.6 is 0 Å². The fourth-order valence-corrected chi connectivity index (χ4v) is 2.95. The van der Waals surface area contributed by atoms with Gasteiger partial charge in [-0.25, -0.2) is 9.97 Å². The van der Waals surface area contributed by atoms with Gasteiger partial charge in [-0.1, -0.05) is 33.8 Å². The molecule has 1 atom stereocenters. The summed E-state index contributed by atoms with van der Waals surface area (Å²) in [5, 5.41) is 8.93. The Morgan fingerprint density at radius 3 is 2.64 bits per heavy atom. The summed E-state index contributed by atoms with van der Waals surface area (Å²) in [6, 6.07) is 4.21. The summed E-state index contributed by atoms with van der Waals surface area (Å²) in [7, 11) is 1.91. The molecule has 0 aliphatic rings. The number of aryl methyl sites for hydroxylation is 2. The maximum atomic E-state index is 4.73. The molecule has 0 radical (unpaired) electrons. The normalized spacial score (nSPS) is 13.2. The predicted molar refractivity (Wildman–Crippen MR) is 100 cm³/mol. The molecule has 0 unspecified atom stereocenters. The van der Waals surface area contributed by atoms with Gasteiger partial charge in [0.1, 0.15) is 11.6 Å². The first-order valence-electron chi connectivity index (χ1n) is 8.72. The highest BCUT2D eigenvalue weighted by Crippen LogP contribution is 2.33. The van der Waals surface area contributed by atoms with Gasteiger partial charge in [0.05, 0.1) is 17.6 Å². The molecular formula is C19H26N6. The van der Waals surface area contributed by atoms with Gasteiger partial charge in [0, 0.05) is 25.9 Å². The van der Waals surface area contributed by atoms with Crippen molar-refractivity contribution in [3.63, 3.8) is 0 Å². The van der Waals surface area contributed by atoms with Crippen LogP contribution in [0.15, 0.2) is 30.7 Å². The number of hydrogen-bond acceptors (Lipinski definition) is 5. The Morgan fingerprint density at radius 2 is 2.00 bits per heavy atom. The number of fused-ring (bicyclic) bond motifs is 1. The van der Waals surface area contributed by atoms with Gasteiger partial charge in [-0.2, -0.15) is 5.10 Å². The van der Waals surface area contributed by atoms with Crippen LogP contribution in [-0.4, -0.2) is 24.7 Å². The highest BCUT2D eigenvalue weighted by molar-refractivity contribution is 5.86. The van der Waals surface area contributed by atoms with Gasteiger partial charge in [0.15, 0.2) is 5.65 Å². The molecule has 0 spiro atoms. The molecule has 0 aromatic carbocycles.